The molecule has 26 heavy (non-hydrogen) atoms. The number of esters is 1. The Morgan fingerprint density at radius 3 is 2.50 bits per heavy atom. The fraction of sp³-hybridized carbons (Fsp3) is 0.529. The number of hydrogen-bond donors (Lipinski definition) is 0. The van der Waals surface area contributed by atoms with Crippen LogP contribution in [0.3, 0.4) is 0 Å². The van der Waals surface area contributed by atoms with Gasteiger partial charge in [0.25, 0.3) is 0 Å². The molecule has 1 saturated heterocycles. The van der Waals surface area contributed by atoms with E-state index < -0.39 is 41.4 Å². The number of amides is 1. The first kappa shape index (κ1) is 20.4. The Bertz CT molecular complexity index is 707. The molecule has 6 nitrogen and oxygen atoms in total. The highest BCUT2D eigenvalue weighted by molar-refractivity contribution is 9.10. The number of likely N-dealkylation sites (tertiary alicyclic amines) is 1. The molecule has 9 heteroatoms. The molecule has 1 aromatic carbocycles. The molecule has 1 aromatic rings. The Kier molecular flexibility index (Phi) is 6.10. The number of nitrogens with zero attached hydrogens (tertiary/aromatic N) is 1. The van der Waals surface area contributed by atoms with Crippen LogP contribution < -0.4 is 4.74 Å². The maximum atomic E-state index is 14.1. The Hall–Kier alpha value is -1.90. The predicted octanol–water partition coefficient (Wildman–Crippen LogP) is 3.66. The first-order valence-electron chi connectivity index (χ1n) is 7.90. The highest BCUT2D eigenvalue weighted by atomic mass is 79.9. The van der Waals surface area contributed by atoms with Crippen molar-refractivity contribution in [3.63, 3.8) is 0 Å². The molecule has 2 atom stereocenters. The van der Waals surface area contributed by atoms with E-state index in [0.717, 1.165) is 12.1 Å². The SMILES string of the molecule is COC(=O)[C@@H]1C[C@H](Oc2cc(F)cc(Br)c2F)CN1C(=O)OC(C)(C)C. The van der Waals surface area contributed by atoms with Gasteiger partial charge in [-0.2, -0.15) is 0 Å². The van der Waals surface area contributed by atoms with Crippen molar-refractivity contribution in [3.05, 3.63) is 28.2 Å². The van der Waals surface area contributed by atoms with Crippen molar-refractivity contribution in [2.24, 2.45) is 0 Å². The van der Waals surface area contributed by atoms with Crippen LogP contribution in [0.1, 0.15) is 27.2 Å². The first-order chi connectivity index (χ1) is 12.0. The van der Waals surface area contributed by atoms with Gasteiger partial charge >= 0.3 is 12.1 Å². The van der Waals surface area contributed by atoms with Crippen LogP contribution in [0.5, 0.6) is 5.75 Å². The van der Waals surface area contributed by atoms with Crippen LogP contribution in [0.4, 0.5) is 13.6 Å². The van der Waals surface area contributed by atoms with Gasteiger partial charge in [0.15, 0.2) is 11.6 Å². The van der Waals surface area contributed by atoms with E-state index in [4.69, 9.17) is 14.2 Å². The number of carbonyl (C=O) groups excluding carboxylic acids is 2. The van der Waals surface area contributed by atoms with E-state index in [-0.39, 0.29) is 23.2 Å². The average Bonchev–Trinajstić information content (AvgIpc) is 2.93. The molecule has 0 aliphatic carbocycles. The van der Waals surface area contributed by atoms with E-state index in [1.807, 2.05) is 0 Å². The fourth-order valence-corrected chi connectivity index (χ4v) is 2.98. The van der Waals surface area contributed by atoms with Crippen LogP contribution in [-0.4, -0.2) is 48.4 Å². The fourth-order valence-electron chi connectivity index (χ4n) is 2.56. The second-order valence-electron chi connectivity index (χ2n) is 6.85. The third kappa shape index (κ3) is 4.84. The second kappa shape index (κ2) is 7.77. The molecule has 1 fully saturated rings. The molecule has 0 spiro atoms. The molecule has 1 aliphatic heterocycles. The minimum atomic E-state index is -0.931. The van der Waals surface area contributed by atoms with Crippen molar-refractivity contribution in [1.29, 1.82) is 0 Å². The summed E-state index contributed by atoms with van der Waals surface area (Å²) in [5.74, 6) is -2.39. The summed E-state index contributed by atoms with van der Waals surface area (Å²) in [6.07, 6.45) is -1.37. The van der Waals surface area contributed by atoms with Gasteiger partial charge in [-0.25, -0.2) is 18.4 Å². The van der Waals surface area contributed by atoms with Gasteiger partial charge < -0.3 is 14.2 Å². The lowest BCUT2D eigenvalue weighted by molar-refractivity contribution is -0.145. The molecule has 0 bridgehead atoms. The summed E-state index contributed by atoms with van der Waals surface area (Å²) in [7, 11) is 1.20. The minimum absolute atomic E-state index is 0.0255. The number of benzene rings is 1. The minimum Gasteiger partial charge on any atom is -0.485 e. The highest BCUT2D eigenvalue weighted by Gasteiger charge is 2.43. The molecule has 144 valence electrons. The molecule has 0 unspecified atom stereocenters. The topological polar surface area (TPSA) is 65.1 Å². The summed E-state index contributed by atoms with van der Waals surface area (Å²) in [6, 6.07) is 0.949. The van der Waals surface area contributed by atoms with E-state index in [1.54, 1.807) is 20.8 Å². The van der Waals surface area contributed by atoms with E-state index in [1.165, 1.54) is 12.0 Å². The van der Waals surface area contributed by atoms with Gasteiger partial charge in [0, 0.05) is 12.5 Å². The summed E-state index contributed by atoms with van der Waals surface area (Å²) in [6.45, 7) is 5.06. The van der Waals surface area contributed by atoms with Gasteiger partial charge in [-0.3, -0.25) is 4.90 Å². The van der Waals surface area contributed by atoms with Crippen molar-refractivity contribution in [2.75, 3.05) is 13.7 Å². The second-order valence-corrected chi connectivity index (χ2v) is 7.70. The Morgan fingerprint density at radius 2 is 1.92 bits per heavy atom. The molecule has 1 amide bonds. The molecule has 1 heterocycles. The van der Waals surface area contributed by atoms with Crippen LogP contribution in [0.2, 0.25) is 0 Å². The lowest BCUT2D eigenvalue weighted by Gasteiger charge is -2.27. The molecule has 0 N–H and O–H groups in total. The summed E-state index contributed by atoms with van der Waals surface area (Å²) >= 11 is 2.91. The number of methoxy groups -OCH3 is 1. The zero-order valence-corrected chi connectivity index (χ0v) is 16.4. The van der Waals surface area contributed by atoms with Crippen molar-refractivity contribution in [1.82, 2.24) is 4.90 Å². The summed E-state index contributed by atoms with van der Waals surface area (Å²) < 4.78 is 43.0. The summed E-state index contributed by atoms with van der Waals surface area (Å²) in [5.41, 5.74) is -0.754. The van der Waals surface area contributed by atoms with Gasteiger partial charge in [0.2, 0.25) is 0 Å². The van der Waals surface area contributed by atoms with Crippen LogP contribution in [0, 0.1) is 11.6 Å². The third-order valence-corrected chi connectivity index (χ3v) is 4.19. The average molecular weight is 436 g/mol. The van der Waals surface area contributed by atoms with Gasteiger partial charge in [-0.05, 0) is 42.8 Å². The van der Waals surface area contributed by atoms with Crippen LogP contribution in [-0.2, 0) is 14.3 Å². The van der Waals surface area contributed by atoms with Crippen molar-refractivity contribution in [3.8, 4) is 5.75 Å². The largest absolute Gasteiger partial charge is 0.485 e. The highest BCUT2D eigenvalue weighted by Crippen LogP contribution is 2.31. The number of halogens is 3. The molecule has 0 saturated carbocycles. The van der Waals surface area contributed by atoms with E-state index >= 15 is 0 Å². The summed E-state index contributed by atoms with van der Waals surface area (Å²) in [5, 5.41) is 0. The van der Waals surface area contributed by atoms with Crippen LogP contribution >= 0.6 is 15.9 Å². The lowest BCUT2D eigenvalue weighted by Crippen LogP contribution is -2.44. The maximum Gasteiger partial charge on any atom is 0.411 e. The monoisotopic (exact) mass is 435 g/mol. The van der Waals surface area contributed by atoms with Gasteiger partial charge in [-0.15, -0.1) is 0 Å². The lowest BCUT2D eigenvalue weighted by atomic mass is 10.2. The normalized spacial score (nSPS) is 20.0. The zero-order valence-electron chi connectivity index (χ0n) is 14.8. The molecule has 0 radical (unpaired) electrons. The number of carbonyl (C=O) groups is 2. The number of rotatable bonds is 3. The van der Waals surface area contributed by atoms with Crippen molar-refractivity contribution >= 4 is 28.0 Å². The number of hydrogen-bond acceptors (Lipinski definition) is 5. The standard InChI is InChI=1S/C17H20BrF2NO5/c1-17(2,3)26-16(23)21-8-10(7-12(21)15(22)24-4)25-13-6-9(19)5-11(18)14(13)20/h5-6,10,12H,7-8H2,1-4H3/t10-,12-/m0/s1. The van der Waals surface area contributed by atoms with E-state index in [2.05, 4.69) is 15.9 Å². The van der Waals surface area contributed by atoms with E-state index in [0.29, 0.717) is 0 Å². The zero-order chi connectivity index (χ0) is 19.6. The van der Waals surface area contributed by atoms with Crippen LogP contribution in [0.25, 0.3) is 0 Å². The van der Waals surface area contributed by atoms with E-state index in [9.17, 15) is 18.4 Å². The molecule has 0 aromatic heterocycles. The van der Waals surface area contributed by atoms with Crippen molar-refractivity contribution < 1.29 is 32.6 Å². The summed E-state index contributed by atoms with van der Waals surface area (Å²) in [4.78, 5) is 25.5. The van der Waals surface area contributed by atoms with Crippen LogP contribution in [0.15, 0.2) is 16.6 Å². The van der Waals surface area contributed by atoms with Gasteiger partial charge in [0.1, 0.15) is 23.6 Å². The van der Waals surface area contributed by atoms with Crippen molar-refractivity contribution in [2.45, 2.75) is 44.9 Å². The molecular formula is C17H20BrF2NO5. The third-order valence-electron chi connectivity index (χ3n) is 3.62. The first-order valence-corrected chi connectivity index (χ1v) is 8.69. The van der Waals surface area contributed by atoms with Gasteiger partial charge in [0.05, 0.1) is 18.1 Å². The smallest absolute Gasteiger partial charge is 0.411 e. The Morgan fingerprint density at radius 1 is 1.27 bits per heavy atom. The molecule has 1 aliphatic rings. The Balaban J connectivity index is 2.20. The Labute approximate surface area is 158 Å². The number of ether oxygens (including phenoxy) is 3. The quantitative estimate of drug-likeness (QED) is 0.535. The maximum absolute atomic E-state index is 14.1. The predicted molar refractivity (Wildman–Crippen MR) is 91.8 cm³/mol. The molecular weight excluding hydrogens is 416 g/mol. The van der Waals surface area contributed by atoms with Gasteiger partial charge in [-0.1, -0.05) is 0 Å². The molecule has 2 rings (SSSR count).